The molecule has 19 heavy (non-hydrogen) atoms. The van der Waals surface area contributed by atoms with Crippen LogP contribution in [0.4, 0.5) is 11.4 Å². The highest BCUT2D eigenvalue weighted by Gasteiger charge is 2.12. The van der Waals surface area contributed by atoms with Crippen LogP contribution in [0.25, 0.3) is 0 Å². The summed E-state index contributed by atoms with van der Waals surface area (Å²) in [6.45, 7) is 3.37. The van der Waals surface area contributed by atoms with Crippen molar-refractivity contribution in [1.29, 1.82) is 0 Å². The fraction of sp³-hybridized carbons (Fsp3) is 0.333. The molecule has 1 aromatic carbocycles. The molecular weight excluding hydrogens is 252 g/mol. The van der Waals surface area contributed by atoms with Crippen molar-refractivity contribution < 1.29 is 19.2 Å². The molecule has 1 aromatic rings. The van der Waals surface area contributed by atoms with E-state index in [1.54, 1.807) is 13.8 Å². The summed E-state index contributed by atoms with van der Waals surface area (Å²) in [7, 11) is 0. The Hall–Kier alpha value is -2.44. The highest BCUT2D eigenvalue weighted by molar-refractivity contribution is 6.01. The lowest BCUT2D eigenvalue weighted by Crippen LogP contribution is -2.20. The van der Waals surface area contributed by atoms with Crippen LogP contribution in [0.15, 0.2) is 24.3 Å². The molecule has 1 amide bonds. The summed E-state index contributed by atoms with van der Waals surface area (Å²) in [6.07, 6.45) is -0.672. The van der Waals surface area contributed by atoms with Gasteiger partial charge in [0.2, 0.25) is 5.91 Å². The minimum absolute atomic E-state index is 0.0720. The van der Waals surface area contributed by atoms with E-state index in [4.69, 9.17) is 4.74 Å². The van der Waals surface area contributed by atoms with E-state index in [0.717, 1.165) is 0 Å². The molecule has 0 radical (unpaired) electrons. The number of non-ortho nitro benzene ring substituents is 1. The minimum Gasteiger partial charge on any atom is -0.463 e. The minimum atomic E-state index is -0.616. The van der Waals surface area contributed by atoms with Gasteiger partial charge in [-0.2, -0.15) is 0 Å². The zero-order valence-electron chi connectivity index (χ0n) is 10.6. The SMILES string of the molecule is CC(C)OC(=O)CC(=O)Nc1ccc([N+](=O)[O-])cc1. The topological polar surface area (TPSA) is 98.5 Å². The van der Waals surface area contributed by atoms with Crippen LogP contribution in [-0.4, -0.2) is 22.9 Å². The highest BCUT2D eigenvalue weighted by atomic mass is 16.6. The molecule has 0 aliphatic rings. The van der Waals surface area contributed by atoms with Gasteiger partial charge in [-0.1, -0.05) is 0 Å². The average molecular weight is 266 g/mol. The van der Waals surface area contributed by atoms with Gasteiger partial charge < -0.3 is 10.1 Å². The monoisotopic (exact) mass is 266 g/mol. The van der Waals surface area contributed by atoms with E-state index < -0.39 is 23.2 Å². The van der Waals surface area contributed by atoms with Gasteiger partial charge in [0.1, 0.15) is 6.42 Å². The first kappa shape index (κ1) is 14.6. The second-order valence-electron chi connectivity index (χ2n) is 4.07. The molecule has 0 saturated carbocycles. The fourth-order valence-corrected chi connectivity index (χ4v) is 1.31. The Morgan fingerprint density at radius 1 is 1.32 bits per heavy atom. The summed E-state index contributed by atoms with van der Waals surface area (Å²) in [5.41, 5.74) is 0.310. The van der Waals surface area contributed by atoms with E-state index in [1.807, 2.05) is 0 Å². The predicted octanol–water partition coefficient (Wildman–Crippen LogP) is 1.87. The number of ether oxygens (including phenoxy) is 1. The molecule has 7 nitrogen and oxygen atoms in total. The first-order chi connectivity index (χ1) is 8.88. The molecule has 0 aliphatic carbocycles. The van der Waals surface area contributed by atoms with E-state index in [1.165, 1.54) is 24.3 Å². The van der Waals surface area contributed by atoms with Gasteiger partial charge in [0.15, 0.2) is 0 Å². The summed E-state index contributed by atoms with van der Waals surface area (Å²) in [5.74, 6) is -1.14. The Morgan fingerprint density at radius 3 is 2.37 bits per heavy atom. The van der Waals surface area contributed by atoms with Crippen LogP contribution in [-0.2, 0) is 14.3 Å². The smallest absolute Gasteiger partial charge is 0.315 e. The van der Waals surface area contributed by atoms with Crippen LogP contribution in [0.1, 0.15) is 20.3 Å². The van der Waals surface area contributed by atoms with Gasteiger partial charge in [0.05, 0.1) is 11.0 Å². The number of amides is 1. The number of nitro groups is 1. The van der Waals surface area contributed by atoms with Crippen molar-refractivity contribution in [2.24, 2.45) is 0 Å². The fourth-order valence-electron chi connectivity index (χ4n) is 1.31. The van der Waals surface area contributed by atoms with Crippen LogP contribution in [0.3, 0.4) is 0 Å². The lowest BCUT2D eigenvalue weighted by Gasteiger charge is -2.08. The van der Waals surface area contributed by atoms with Gasteiger partial charge in [0.25, 0.3) is 5.69 Å². The van der Waals surface area contributed by atoms with Crippen molar-refractivity contribution in [2.75, 3.05) is 5.32 Å². The van der Waals surface area contributed by atoms with Crippen molar-refractivity contribution in [1.82, 2.24) is 0 Å². The maximum atomic E-state index is 11.5. The Kier molecular flexibility index (Phi) is 4.99. The van der Waals surface area contributed by atoms with E-state index in [9.17, 15) is 19.7 Å². The third-order valence-electron chi connectivity index (χ3n) is 2.03. The van der Waals surface area contributed by atoms with Gasteiger partial charge in [-0.3, -0.25) is 19.7 Å². The number of nitro benzene ring substituents is 1. The molecule has 0 spiro atoms. The van der Waals surface area contributed by atoms with E-state index >= 15 is 0 Å². The number of carbonyl (C=O) groups is 2. The zero-order chi connectivity index (χ0) is 14.4. The molecule has 0 atom stereocenters. The summed E-state index contributed by atoms with van der Waals surface area (Å²) in [4.78, 5) is 32.6. The number of nitrogens with zero attached hydrogens (tertiary/aromatic N) is 1. The largest absolute Gasteiger partial charge is 0.463 e. The van der Waals surface area contributed by atoms with E-state index in [-0.39, 0.29) is 11.8 Å². The number of hydrogen-bond donors (Lipinski definition) is 1. The van der Waals surface area contributed by atoms with Crippen molar-refractivity contribution in [3.05, 3.63) is 34.4 Å². The van der Waals surface area contributed by atoms with E-state index in [2.05, 4.69) is 5.32 Å². The third kappa shape index (κ3) is 5.15. The molecule has 1 rings (SSSR count). The number of anilines is 1. The van der Waals surface area contributed by atoms with Crippen molar-refractivity contribution in [2.45, 2.75) is 26.4 Å². The van der Waals surface area contributed by atoms with Gasteiger partial charge in [-0.05, 0) is 26.0 Å². The highest BCUT2D eigenvalue weighted by Crippen LogP contribution is 2.15. The Labute approximate surface area is 109 Å². The van der Waals surface area contributed by atoms with Crippen molar-refractivity contribution in [3.63, 3.8) is 0 Å². The normalized spacial score (nSPS) is 10.1. The molecule has 0 aliphatic heterocycles. The van der Waals surface area contributed by atoms with Gasteiger partial charge in [-0.25, -0.2) is 0 Å². The van der Waals surface area contributed by atoms with Crippen LogP contribution >= 0.6 is 0 Å². The number of nitrogens with one attached hydrogen (secondary N) is 1. The lowest BCUT2D eigenvalue weighted by molar-refractivity contribution is -0.384. The molecular formula is C12H14N2O5. The lowest BCUT2D eigenvalue weighted by atomic mass is 10.2. The molecule has 0 fully saturated rings. The average Bonchev–Trinajstić information content (AvgIpc) is 2.27. The molecule has 0 heterocycles. The molecule has 0 unspecified atom stereocenters. The second-order valence-corrected chi connectivity index (χ2v) is 4.07. The van der Waals surface area contributed by atoms with Gasteiger partial charge in [0, 0.05) is 17.8 Å². The van der Waals surface area contributed by atoms with E-state index in [0.29, 0.717) is 5.69 Å². The second kappa shape index (κ2) is 6.48. The first-order valence-corrected chi connectivity index (χ1v) is 5.62. The first-order valence-electron chi connectivity index (χ1n) is 5.62. The predicted molar refractivity (Wildman–Crippen MR) is 67.6 cm³/mol. The Balaban J connectivity index is 2.53. The molecule has 0 saturated heterocycles. The van der Waals surface area contributed by atoms with Gasteiger partial charge in [-0.15, -0.1) is 0 Å². The zero-order valence-corrected chi connectivity index (χ0v) is 10.6. The molecule has 0 bridgehead atoms. The Morgan fingerprint density at radius 2 is 1.89 bits per heavy atom. The van der Waals surface area contributed by atoms with Crippen LogP contribution in [0.2, 0.25) is 0 Å². The summed E-state index contributed by atoms with van der Waals surface area (Å²) in [6, 6.07) is 5.32. The van der Waals surface area contributed by atoms with Gasteiger partial charge >= 0.3 is 5.97 Å². The maximum Gasteiger partial charge on any atom is 0.315 e. The van der Waals surface area contributed by atoms with Crippen molar-refractivity contribution in [3.8, 4) is 0 Å². The van der Waals surface area contributed by atoms with Crippen LogP contribution < -0.4 is 5.32 Å². The molecule has 7 heteroatoms. The summed E-state index contributed by atoms with van der Waals surface area (Å²) in [5, 5.41) is 12.9. The van der Waals surface area contributed by atoms with Crippen molar-refractivity contribution >= 4 is 23.3 Å². The van der Waals surface area contributed by atoms with Crippen LogP contribution in [0.5, 0.6) is 0 Å². The quantitative estimate of drug-likeness (QED) is 0.379. The third-order valence-corrected chi connectivity index (χ3v) is 2.03. The molecule has 102 valence electrons. The molecule has 0 aromatic heterocycles. The maximum absolute atomic E-state index is 11.5. The molecule has 1 N–H and O–H groups in total. The summed E-state index contributed by atoms with van der Waals surface area (Å²) >= 11 is 0. The summed E-state index contributed by atoms with van der Waals surface area (Å²) < 4.78 is 4.82. The standard InChI is InChI=1S/C12H14N2O5/c1-8(2)19-12(16)7-11(15)13-9-3-5-10(6-4-9)14(17)18/h3-6,8H,7H2,1-2H3,(H,13,15). The number of rotatable bonds is 5. The van der Waals surface area contributed by atoms with Crippen LogP contribution in [0, 0.1) is 10.1 Å². The number of benzene rings is 1. The number of carbonyl (C=O) groups excluding carboxylic acids is 2. The number of hydrogen-bond acceptors (Lipinski definition) is 5. The number of esters is 1. The Bertz CT molecular complexity index is 481.